The van der Waals surface area contributed by atoms with Gasteiger partial charge in [-0.05, 0) is 6.42 Å². The Hall–Kier alpha value is -0.570. The van der Waals surface area contributed by atoms with Crippen LogP contribution in [0, 0.1) is 0 Å². The van der Waals surface area contributed by atoms with Crippen LogP contribution < -0.4 is 0 Å². The lowest BCUT2D eigenvalue weighted by Crippen LogP contribution is -2.06. The van der Waals surface area contributed by atoms with Gasteiger partial charge in [0, 0.05) is 19.4 Å². The third-order valence-electron chi connectivity index (χ3n) is 5.55. The van der Waals surface area contributed by atoms with Gasteiger partial charge in [0.15, 0.2) is 0 Å². The smallest absolute Gasteiger partial charge is 0.305 e. The average molecular weight is 399 g/mol. The molecule has 0 saturated heterocycles. The lowest BCUT2D eigenvalue weighted by Gasteiger charge is -2.04. The molecule has 168 valence electrons. The third-order valence-corrected chi connectivity index (χ3v) is 5.55. The van der Waals surface area contributed by atoms with Crippen molar-refractivity contribution >= 4 is 5.97 Å². The predicted octanol–water partition coefficient (Wildman–Crippen LogP) is 7.73. The molecule has 0 fully saturated rings. The standard InChI is InChI=1S/C25H50O3/c1-2-3-4-5-6-7-8-9-10-11-12-13-14-15-16-17-18-19-20-22-25(27)28-24-21-23-26/h26H,2-24H2,1H3. The molecule has 28 heavy (non-hydrogen) atoms. The molecule has 0 spiro atoms. The zero-order chi connectivity index (χ0) is 20.5. The topological polar surface area (TPSA) is 46.5 Å². The van der Waals surface area contributed by atoms with Gasteiger partial charge in [0.25, 0.3) is 0 Å². The summed E-state index contributed by atoms with van der Waals surface area (Å²) in [6, 6.07) is 0. The van der Waals surface area contributed by atoms with Gasteiger partial charge in [0.05, 0.1) is 6.61 Å². The summed E-state index contributed by atoms with van der Waals surface area (Å²) in [5.41, 5.74) is 0. The molecule has 0 amide bonds. The largest absolute Gasteiger partial charge is 0.466 e. The van der Waals surface area contributed by atoms with E-state index < -0.39 is 0 Å². The highest BCUT2D eigenvalue weighted by atomic mass is 16.5. The van der Waals surface area contributed by atoms with Crippen LogP contribution in [0.5, 0.6) is 0 Å². The van der Waals surface area contributed by atoms with Crippen LogP contribution in [0.15, 0.2) is 0 Å². The normalized spacial score (nSPS) is 11.1. The summed E-state index contributed by atoms with van der Waals surface area (Å²) in [5.74, 6) is -0.111. The molecule has 0 aromatic heterocycles. The van der Waals surface area contributed by atoms with E-state index in [1.807, 2.05) is 0 Å². The Labute approximate surface area is 176 Å². The monoisotopic (exact) mass is 398 g/mol. The van der Waals surface area contributed by atoms with E-state index in [0.717, 1.165) is 12.8 Å². The predicted molar refractivity (Wildman–Crippen MR) is 121 cm³/mol. The molecule has 0 rings (SSSR count). The first-order valence-corrected chi connectivity index (χ1v) is 12.6. The first-order chi connectivity index (χ1) is 13.8. The summed E-state index contributed by atoms with van der Waals surface area (Å²) >= 11 is 0. The van der Waals surface area contributed by atoms with Gasteiger partial charge in [-0.1, -0.05) is 122 Å². The Morgan fingerprint density at radius 3 is 1.29 bits per heavy atom. The first kappa shape index (κ1) is 27.4. The fourth-order valence-electron chi connectivity index (χ4n) is 3.67. The zero-order valence-corrected chi connectivity index (χ0v) is 19.0. The molecular formula is C25H50O3. The molecule has 0 unspecified atom stereocenters. The van der Waals surface area contributed by atoms with Gasteiger partial charge in [0.2, 0.25) is 0 Å². The maximum atomic E-state index is 11.4. The van der Waals surface area contributed by atoms with Gasteiger partial charge in [-0.25, -0.2) is 0 Å². The van der Waals surface area contributed by atoms with Gasteiger partial charge in [-0.2, -0.15) is 0 Å². The molecule has 0 heterocycles. The Balaban J connectivity index is 3.06. The Kier molecular flexibility index (Phi) is 24.0. The van der Waals surface area contributed by atoms with Crippen molar-refractivity contribution in [1.29, 1.82) is 0 Å². The molecule has 0 aliphatic carbocycles. The molecule has 0 aliphatic rings. The van der Waals surface area contributed by atoms with Gasteiger partial charge < -0.3 is 9.84 Å². The van der Waals surface area contributed by atoms with Crippen molar-refractivity contribution in [3.8, 4) is 0 Å². The quantitative estimate of drug-likeness (QED) is 0.141. The summed E-state index contributed by atoms with van der Waals surface area (Å²) in [5, 5.41) is 8.63. The second kappa shape index (κ2) is 24.5. The average Bonchev–Trinajstić information content (AvgIpc) is 2.70. The number of ether oxygens (including phenoxy) is 1. The molecule has 3 heteroatoms. The minimum atomic E-state index is -0.111. The Bertz CT molecular complexity index is 304. The highest BCUT2D eigenvalue weighted by molar-refractivity contribution is 5.69. The number of carbonyl (C=O) groups excluding carboxylic acids is 1. The summed E-state index contributed by atoms with van der Waals surface area (Å²) < 4.78 is 5.02. The van der Waals surface area contributed by atoms with Crippen LogP contribution in [0.2, 0.25) is 0 Å². The van der Waals surface area contributed by atoms with Crippen molar-refractivity contribution in [3.63, 3.8) is 0 Å². The van der Waals surface area contributed by atoms with Gasteiger partial charge in [-0.3, -0.25) is 4.79 Å². The van der Waals surface area contributed by atoms with E-state index in [-0.39, 0.29) is 12.6 Å². The maximum absolute atomic E-state index is 11.4. The number of rotatable bonds is 23. The van der Waals surface area contributed by atoms with Crippen LogP contribution in [0.1, 0.15) is 142 Å². The second-order valence-electron chi connectivity index (χ2n) is 8.41. The van der Waals surface area contributed by atoms with Crippen molar-refractivity contribution in [3.05, 3.63) is 0 Å². The summed E-state index contributed by atoms with van der Waals surface area (Å²) in [6.45, 7) is 2.73. The number of carbonyl (C=O) groups is 1. The van der Waals surface area contributed by atoms with Crippen LogP contribution in [0.3, 0.4) is 0 Å². The summed E-state index contributed by atoms with van der Waals surface area (Å²) in [6.07, 6.45) is 27.0. The molecule has 0 aromatic carbocycles. The van der Waals surface area contributed by atoms with E-state index in [4.69, 9.17) is 9.84 Å². The second-order valence-corrected chi connectivity index (χ2v) is 8.41. The van der Waals surface area contributed by atoms with E-state index in [1.165, 1.54) is 109 Å². The van der Waals surface area contributed by atoms with Crippen LogP contribution >= 0.6 is 0 Å². The maximum Gasteiger partial charge on any atom is 0.305 e. The van der Waals surface area contributed by atoms with Gasteiger partial charge >= 0.3 is 5.97 Å². The molecule has 0 bridgehead atoms. The van der Waals surface area contributed by atoms with E-state index >= 15 is 0 Å². The van der Waals surface area contributed by atoms with Crippen molar-refractivity contribution in [1.82, 2.24) is 0 Å². The molecule has 1 N–H and O–H groups in total. The summed E-state index contributed by atoms with van der Waals surface area (Å²) in [7, 11) is 0. The van der Waals surface area contributed by atoms with Gasteiger partial charge in [0.1, 0.15) is 0 Å². The van der Waals surface area contributed by atoms with Crippen molar-refractivity contribution < 1.29 is 14.6 Å². The number of unbranched alkanes of at least 4 members (excludes halogenated alkanes) is 18. The number of aliphatic hydroxyl groups is 1. The van der Waals surface area contributed by atoms with Crippen LogP contribution in [-0.2, 0) is 9.53 Å². The minimum absolute atomic E-state index is 0.0898. The fraction of sp³-hybridized carbons (Fsp3) is 0.960. The zero-order valence-electron chi connectivity index (χ0n) is 19.0. The van der Waals surface area contributed by atoms with Crippen molar-refractivity contribution in [2.24, 2.45) is 0 Å². The van der Waals surface area contributed by atoms with E-state index in [9.17, 15) is 4.79 Å². The lowest BCUT2D eigenvalue weighted by molar-refractivity contribution is -0.144. The van der Waals surface area contributed by atoms with Crippen LogP contribution in [0.4, 0.5) is 0 Å². The molecule has 0 atom stereocenters. The fourth-order valence-corrected chi connectivity index (χ4v) is 3.67. The molecule has 0 saturated carbocycles. The molecule has 0 aliphatic heterocycles. The van der Waals surface area contributed by atoms with Crippen LogP contribution in [0.25, 0.3) is 0 Å². The highest BCUT2D eigenvalue weighted by Gasteiger charge is 2.02. The molecule has 0 aromatic rings. The third kappa shape index (κ3) is 23.5. The molecular weight excluding hydrogens is 348 g/mol. The molecule has 3 nitrogen and oxygen atoms in total. The Morgan fingerprint density at radius 2 is 0.929 bits per heavy atom. The SMILES string of the molecule is CCCCCCCCCCCCCCCCCCCCCC(=O)OCCCO. The number of hydrogen-bond acceptors (Lipinski definition) is 3. The summed E-state index contributed by atoms with van der Waals surface area (Å²) in [4.78, 5) is 11.4. The van der Waals surface area contributed by atoms with Crippen molar-refractivity contribution in [2.45, 2.75) is 142 Å². The number of hydrogen-bond donors (Lipinski definition) is 1. The highest BCUT2D eigenvalue weighted by Crippen LogP contribution is 2.14. The van der Waals surface area contributed by atoms with E-state index in [0.29, 0.717) is 19.4 Å². The van der Waals surface area contributed by atoms with Gasteiger partial charge in [-0.15, -0.1) is 0 Å². The minimum Gasteiger partial charge on any atom is -0.466 e. The van der Waals surface area contributed by atoms with E-state index in [1.54, 1.807) is 0 Å². The Morgan fingerprint density at radius 1 is 0.571 bits per heavy atom. The number of aliphatic hydroxyl groups excluding tert-OH is 1. The lowest BCUT2D eigenvalue weighted by atomic mass is 10.0. The number of esters is 1. The van der Waals surface area contributed by atoms with Crippen LogP contribution in [-0.4, -0.2) is 24.3 Å². The first-order valence-electron chi connectivity index (χ1n) is 12.6. The molecule has 0 radical (unpaired) electrons. The van der Waals surface area contributed by atoms with Crippen molar-refractivity contribution in [2.75, 3.05) is 13.2 Å². The van der Waals surface area contributed by atoms with E-state index in [2.05, 4.69) is 6.92 Å².